The van der Waals surface area contributed by atoms with E-state index in [9.17, 15) is 27.6 Å². The van der Waals surface area contributed by atoms with Gasteiger partial charge in [-0.3, -0.25) is 14.5 Å². The van der Waals surface area contributed by atoms with Crippen LogP contribution < -0.4 is 10.1 Å². The molecule has 0 heterocycles. The topological polar surface area (TPSA) is 84.9 Å². The molecule has 0 saturated carbocycles. The predicted molar refractivity (Wildman–Crippen MR) is 119 cm³/mol. The van der Waals surface area contributed by atoms with Crippen molar-refractivity contribution in [2.24, 2.45) is 0 Å². The van der Waals surface area contributed by atoms with Gasteiger partial charge in [-0.2, -0.15) is 13.2 Å². The Balaban J connectivity index is 2.38. The highest BCUT2D eigenvalue weighted by Crippen LogP contribution is 2.37. The van der Waals surface area contributed by atoms with Crippen LogP contribution in [0.15, 0.2) is 42.5 Å². The van der Waals surface area contributed by atoms with Crippen molar-refractivity contribution >= 4 is 18.3 Å². The lowest BCUT2D eigenvalue weighted by atomic mass is 9.99. The first kappa shape index (κ1) is 26.7. The molecule has 2 rings (SSSR count). The Bertz CT molecular complexity index is 995. The van der Waals surface area contributed by atoms with Gasteiger partial charge in [0.25, 0.3) is 0 Å². The highest BCUT2D eigenvalue weighted by Gasteiger charge is 2.31. The van der Waals surface area contributed by atoms with Crippen LogP contribution in [0, 0.1) is 0 Å². The number of likely N-dealkylation sites (N-methyl/N-ethyl adjacent to an activating group) is 1. The number of hydrogen-bond donors (Lipinski definition) is 1. The third-order valence-electron chi connectivity index (χ3n) is 4.82. The summed E-state index contributed by atoms with van der Waals surface area (Å²) in [6.07, 6.45) is -3.23. The Hall–Kier alpha value is -3.56. The number of alkyl halides is 3. The van der Waals surface area contributed by atoms with Gasteiger partial charge < -0.3 is 14.8 Å². The average molecular weight is 480 g/mol. The zero-order chi connectivity index (χ0) is 25.1. The standard InChI is InChI=1S/C24H27F3N2O5/c1-3-4-11-34-23(32)29(16-22(31)28-2)15-17-6-5-7-18(13-17)20-14-19(24(25,26)27)8-9-21(20)33-12-10-30/h5-10,13-14H,3-4,11-12,15-16H2,1-2H3,(H,28,31). The van der Waals surface area contributed by atoms with E-state index in [1.165, 1.54) is 11.9 Å². The number of carbonyl (C=O) groups excluding carboxylic acids is 3. The summed E-state index contributed by atoms with van der Waals surface area (Å²) in [5.74, 6) is -0.288. The molecule has 0 saturated heterocycles. The van der Waals surface area contributed by atoms with Crippen molar-refractivity contribution in [2.45, 2.75) is 32.5 Å². The molecule has 0 spiro atoms. The number of amides is 2. The summed E-state index contributed by atoms with van der Waals surface area (Å²) in [6.45, 7) is 1.59. The zero-order valence-electron chi connectivity index (χ0n) is 19.0. The number of nitrogens with zero attached hydrogens (tertiary/aromatic N) is 1. The lowest BCUT2D eigenvalue weighted by Gasteiger charge is -2.22. The molecule has 1 N–H and O–H groups in total. The molecule has 0 atom stereocenters. The third kappa shape index (κ3) is 7.79. The third-order valence-corrected chi connectivity index (χ3v) is 4.82. The van der Waals surface area contributed by atoms with Gasteiger partial charge in [-0.1, -0.05) is 31.5 Å². The van der Waals surface area contributed by atoms with Gasteiger partial charge in [-0.25, -0.2) is 4.79 Å². The molecule has 0 unspecified atom stereocenters. The lowest BCUT2D eigenvalue weighted by molar-refractivity contribution is -0.137. The van der Waals surface area contributed by atoms with Crippen LogP contribution in [0.3, 0.4) is 0 Å². The number of halogens is 3. The Labute approximate surface area is 195 Å². The normalized spacial score (nSPS) is 11.0. The molecule has 2 aromatic carbocycles. The quantitative estimate of drug-likeness (QED) is 0.380. The van der Waals surface area contributed by atoms with E-state index >= 15 is 0 Å². The summed E-state index contributed by atoms with van der Waals surface area (Å²) < 4.78 is 50.4. The van der Waals surface area contributed by atoms with Crippen LogP contribution in [-0.4, -0.2) is 50.0 Å². The van der Waals surface area contributed by atoms with Crippen molar-refractivity contribution in [2.75, 3.05) is 26.8 Å². The van der Waals surface area contributed by atoms with Crippen molar-refractivity contribution in [3.05, 3.63) is 53.6 Å². The van der Waals surface area contributed by atoms with Gasteiger partial charge in [0.1, 0.15) is 18.9 Å². The summed E-state index contributed by atoms with van der Waals surface area (Å²) in [7, 11) is 1.44. The van der Waals surface area contributed by atoms with E-state index < -0.39 is 23.7 Å². The molecule has 0 aliphatic carbocycles. The molecule has 0 radical (unpaired) electrons. The lowest BCUT2D eigenvalue weighted by Crippen LogP contribution is -2.39. The molecule has 0 bridgehead atoms. The van der Waals surface area contributed by atoms with Crippen LogP contribution in [0.5, 0.6) is 5.75 Å². The van der Waals surface area contributed by atoms with Gasteiger partial charge >= 0.3 is 12.3 Å². The predicted octanol–water partition coefficient (Wildman–Crippen LogP) is 4.43. The Morgan fingerprint density at radius 2 is 1.91 bits per heavy atom. The fraction of sp³-hybridized carbons (Fsp3) is 0.375. The highest BCUT2D eigenvalue weighted by molar-refractivity contribution is 5.82. The minimum Gasteiger partial charge on any atom is -0.486 e. The van der Waals surface area contributed by atoms with Crippen LogP contribution in [0.25, 0.3) is 11.1 Å². The summed E-state index contributed by atoms with van der Waals surface area (Å²) in [4.78, 5) is 36.3. The van der Waals surface area contributed by atoms with Crippen molar-refractivity contribution in [1.82, 2.24) is 10.2 Å². The number of benzene rings is 2. The summed E-state index contributed by atoms with van der Waals surface area (Å²) in [5.41, 5.74) is 0.227. The maximum Gasteiger partial charge on any atom is 0.416 e. The number of hydrogen-bond acceptors (Lipinski definition) is 5. The molecule has 2 amide bonds. The molecule has 0 fully saturated rings. The smallest absolute Gasteiger partial charge is 0.416 e. The van der Waals surface area contributed by atoms with E-state index in [4.69, 9.17) is 9.47 Å². The van der Waals surface area contributed by atoms with Gasteiger partial charge in [0.15, 0.2) is 6.29 Å². The fourth-order valence-corrected chi connectivity index (χ4v) is 3.07. The van der Waals surface area contributed by atoms with E-state index in [0.717, 1.165) is 24.6 Å². The number of aldehydes is 1. The SMILES string of the molecule is CCCCOC(=O)N(CC(=O)NC)Cc1cccc(-c2cc(C(F)(F)F)ccc2OCC=O)c1. The minimum atomic E-state index is -4.57. The minimum absolute atomic E-state index is 0.00426. The molecule has 7 nitrogen and oxygen atoms in total. The Morgan fingerprint density at radius 3 is 2.56 bits per heavy atom. The molecule has 34 heavy (non-hydrogen) atoms. The maximum absolute atomic E-state index is 13.3. The number of unbranched alkanes of at least 4 members (excludes halogenated alkanes) is 1. The average Bonchev–Trinajstić information content (AvgIpc) is 2.81. The van der Waals surface area contributed by atoms with Crippen LogP contribution in [0.4, 0.5) is 18.0 Å². The van der Waals surface area contributed by atoms with E-state index in [1.54, 1.807) is 24.3 Å². The van der Waals surface area contributed by atoms with E-state index in [1.807, 2.05) is 6.92 Å². The summed E-state index contributed by atoms with van der Waals surface area (Å²) >= 11 is 0. The summed E-state index contributed by atoms with van der Waals surface area (Å²) in [6, 6.07) is 9.48. The van der Waals surface area contributed by atoms with E-state index in [-0.39, 0.29) is 37.6 Å². The zero-order valence-corrected chi connectivity index (χ0v) is 19.0. The van der Waals surface area contributed by atoms with Crippen molar-refractivity contribution in [3.8, 4) is 16.9 Å². The van der Waals surface area contributed by atoms with Gasteiger partial charge in [0, 0.05) is 19.2 Å². The first-order valence-electron chi connectivity index (χ1n) is 10.7. The number of nitrogens with one attached hydrogen (secondary N) is 1. The number of ether oxygens (including phenoxy) is 2. The van der Waals surface area contributed by atoms with Gasteiger partial charge in [0.2, 0.25) is 5.91 Å². The van der Waals surface area contributed by atoms with Crippen molar-refractivity contribution in [1.29, 1.82) is 0 Å². The van der Waals surface area contributed by atoms with Crippen LogP contribution in [0.1, 0.15) is 30.9 Å². The van der Waals surface area contributed by atoms with E-state index in [2.05, 4.69) is 5.32 Å². The second kappa shape index (κ2) is 12.6. The molecule has 0 aliphatic heterocycles. The highest BCUT2D eigenvalue weighted by atomic mass is 19.4. The molecule has 184 valence electrons. The largest absolute Gasteiger partial charge is 0.486 e. The monoisotopic (exact) mass is 480 g/mol. The Morgan fingerprint density at radius 1 is 1.15 bits per heavy atom. The van der Waals surface area contributed by atoms with Crippen molar-refractivity contribution in [3.63, 3.8) is 0 Å². The molecule has 2 aromatic rings. The molecule has 10 heteroatoms. The molecular weight excluding hydrogens is 453 g/mol. The van der Waals surface area contributed by atoms with Gasteiger partial charge in [0.05, 0.1) is 12.2 Å². The molecular formula is C24H27F3N2O5. The van der Waals surface area contributed by atoms with Crippen LogP contribution in [0.2, 0.25) is 0 Å². The van der Waals surface area contributed by atoms with Crippen LogP contribution >= 0.6 is 0 Å². The summed E-state index contributed by atoms with van der Waals surface area (Å²) in [5, 5.41) is 2.45. The maximum atomic E-state index is 13.3. The first-order valence-corrected chi connectivity index (χ1v) is 10.7. The second-order valence-corrected chi connectivity index (χ2v) is 7.38. The van der Waals surface area contributed by atoms with Gasteiger partial charge in [-0.05, 0) is 41.8 Å². The first-order chi connectivity index (χ1) is 16.2. The Kier molecular flexibility index (Phi) is 9.91. The molecule has 0 aromatic heterocycles. The van der Waals surface area contributed by atoms with E-state index in [0.29, 0.717) is 23.8 Å². The van der Waals surface area contributed by atoms with Crippen molar-refractivity contribution < 1.29 is 37.0 Å². The molecule has 0 aliphatic rings. The number of rotatable bonds is 11. The van der Waals surface area contributed by atoms with Gasteiger partial charge in [-0.15, -0.1) is 0 Å². The van der Waals surface area contributed by atoms with Crippen LogP contribution in [-0.2, 0) is 27.0 Å². The fourth-order valence-electron chi connectivity index (χ4n) is 3.07. The number of carbonyl (C=O) groups is 3. The second-order valence-electron chi connectivity index (χ2n) is 7.38.